The van der Waals surface area contributed by atoms with E-state index < -0.39 is 0 Å². The molecule has 0 saturated heterocycles. The van der Waals surface area contributed by atoms with Crippen molar-refractivity contribution >= 4 is 34.5 Å². The Morgan fingerprint density at radius 3 is 2.85 bits per heavy atom. The van der Waals surface area contributed by atoms with E-state index in [-0.39, 0.29) is 0 Å². The molecule has 0 atom stereocenters. The summed E-state index contributed by atoms with van der Waals surface area (Å²) in [7, 11) is 6.06. The molecule has 0 amide bonds. The highest BCUT2D eigenvalue weighted by molar-refractivity contribution is 6.53. The van der Waals surface area contributed by atoms with E-state index >= 15 is 0 Å². The molecule has 0 fully saturated rings. The minimum absolute atomic E-state index is 0.433. The van der Waals surface area contributed by atoms with E-state index in [1.165, 1.54) is 0 Å². The van der Waals surface area contributed by atoms with Crippen molar-refractivity contribution in [2.24, 2.45) is 12.0 Å². The number of anilines is 1. The third kappa shape index (κ3) is 3.17. The van der Waals surface area contributed by atoms with Crippen LogP contribution in [0.5, 0.6) is 0 Å². The number of aromatic nitrogens is 3. The van der Waals surface area contributed by atoms with E-state index in [1.807, 2.05) is 79.0 Å². The summed E-state index contributed by atoms with van der Waals surface area (Å²) in [5, 5.41) is 16.6. The van der Waals surface area contributed by atoms with Crippen molar-refractivity contribution in [1.29, 1.82) is 5.41 Å². The largest absolute Gasteiger partial charge is 0.365 e. The molecule has 0 bridgehead atoms. The predicted octanol–water partition coefficient (Wildman–Crippen LogP) is 2.81. The van der Waals surface area contributed by atoms with Crippen molar-refractivity contribution < 1.29 is 0 Å². The maximum Gasteiger partial charge on any atom is 0.175 e. The molecule has 2 N–H and O–H groups in total. The number of pyridine rings is 1. The smallest absolute Gasteiger partial charge is 0.175 e. The number of rotatable bonds is 5. The summed E-state index contributed by atoms with van der Waals surface area (Å²) in [5.74, 6) is 0.732. The standard InChI is InChI=1S/C20H23N7/c1-25(2)13-10-22-20-19(17-6-4-5-11-27(17)24-20)23-15-7-8-16-14(18(15)21)9-12-26(16)3/h4-9,11-12,21H,10,13H2,1-3H3,(H,22,24)/b21-18?,23-15+. The van der Waals surface area contributed by atoms with E-state index in [9.17, 15) is 0 Å². The minimum atomic E-state index is 0.433. The average molecular weight is 361 g/mol. The van der Waals surface area contributed by atoms with Crippen LogP contribution in [0.3, 0.4) is 0 Å². The zero-order chi connectivity index (χ0) is 19.0. The zero-order valence-electron chi connectivity index (χ0n) is 15.8. The molecule has 0 unspecified atom stereocenters. The Morgan fingerprint density at radius 1 is 1.19 bits per heavy atom. The van der Waals surface area contributed by atoms with Crippen LogP contribution in [0.4, 0.5) is 11.5 Å². The maximum atomic E-state index is 8.57. The average Bonchev–Trinajstić information content (AvgIpc) is 3.19. The van der Waals surface area contributed by atoms with Gasteiger partial charge in [0, 0.05) is 38.1 Å². The molecular formula is C20H23N7. The van der Waals surface area contributed by atoms with Gasteiger partial charge in [-0.05, 0) is 44.4 Å². The van der Waals surface area contributed by atoms with Crippen LogP contribution in [0, 0.1) is 5.41 Å². The topological polar surface area (TPSA) is 73.7 Å². The highest BCUT2D eigenvalue weighted by Gasteiger charge is 2.20. The van der Waals surface area contributed by atoms with E-state index in [2.05, 4.69) is 15.3 Å². The summed E-state index contributed by atoms with van der Waals surface area (Å²) in [4.78, 5) is 6.95. The lowest BCUT2D eigenvalue weighted by Crippen LogP contribution is -2.21. The van der Waals surface area contributed by atoms with Crippen LogP contribution >= 0.6 is 0 Å². The van der Waals surface area contributed by atoms with E-state index in [0.29, 0.717) is 11.4 Å². The van der Waals surface area contributed by atoms with E-state index in [4.69, 9.17) is 10.4 Å². The van der Waals surface area contributed by atoms with Gasteiger partial charge >= 0.3 is 0 Å². The number of hydrogen-bond acceptors (Lipinski definition) is 5. The van der Waals surface area contributed by atoms with Crippen LogP contribution in [-0.4, -0.2) is 57.7 Å². The number of hydrogen-bond donors (Lipinski definition) is 2. The molecule has 3 aromatic rings. The van der Waals surface area contributed by atoms with Crippen molar-refractivity contribution in [3.63, 3.8) is 0 Å². The summed E-state index contributed by atoms with van der Waals surface area (Å²) in [6.45, 7) is 1.66. The van der Waals surface area contributed by atoms with Gasteiger partial charge in [-0.25, -0.2) is 9.51 Å². The molecule has 0 saturated carbocycles. The quantitative estimate of drug-likeness (QED) is 0.734. The highest BCUT2D eigenvalue weighted by Crippen LogP contribution is 2.31. The predicted molar refractivity (Wildman–Crippen MR) is 111 cm³/mol. The van der Waals surface area contributed by atoms with Gasteiger partial charge in [-0.2, -0.15) is 0 Å². The number of nitrogens with zero attached hydrogens (tertiary/aromatic N) is 5. The lowest BCUT2D eigenvalue weighted by atomic mass is 10.00. The molecule has 27 heavy (non-hydrogen) atoms. The molecule has 0 aromatic carbocycles. The molecule has 3 aromatic heterocycles. The zero-order valence-corrected chi connectivity index (χ0v) is 15.8. The van der Waals surface area contributed by atoms with Gasteiger partial charge in [-0.15, -0.1) is 5.10 Å². The Kier molecular flexibility index (Phi) is 4.37. The van der Waals surface area contributed by atoms with Crippen LogP contribution in [-0.2, 0) is 7.05 Å². The Morgan fingerprint density at radius 2 is 2.04 bits per heavy atom. The fraction of sp³-hybridized carbons (Fsp3) is 0.250. The van der Waals surface area contributed by atoms with Gasteiger partial charge in [-0.1, -0.05) is 6.07 Å². The van der Waals surface area contributed by atoms with Gasteiger partial charge in [0.2, 0.25) is 0 Å². The molecular weight excluding hydrogens is 338 g/mol. The third-order valence-electron chi connectivity index (χ3n) is 4.64. The molecule has 0 aliphatic heterocycles. The molecule has 4 rings (SSSR count). The maximum absolute atomic E-state index is 8.57. The number of nitrogens with one attached hydrogen (secondary N) is 2. The second-order valence-electron chi connectivity index (χ2n) is 6.89. The van der Waals surface area contributed by atoms with Gasteiger partial charge in [-0.3, -0.25) is 5.41 Å². The Balaban J connectivity index is 1.74. The van der Waals surface area contributed by atoms with Crippen LogP contribution in [0.15, 0.2) is 47.7 Å². The van der Waals surface area contributed by atoms with Crippen LogP contribution < -0.4 is 5.32 Å². The van der Waals surface area contributed by atoms with Gasteiger partial charge < -0.3 is 14.8 Å². The molecule has 7 heteroatoms. The first-order valence-electron chi connectivity index (χ1n) is 8.92. The number of aliphatic imine (C=N–C) groups is 1. The fourth-order valence-corrected chi connectivity index (χ4v) is 3.17. The number of aryl methyl sites for hydroxylation is 1. The highest BCUT2D eigenvalue weighted by atomic mass is 15.3. The van der Waals surface area contributed by atoms with Gasteiger partial charge in [0.15, 0.2) is 5.82 Å². The summed E-state index contributed by atoms with van der Waals surface area (Å²) in [6.07, 6.45) is 7.79. The SMILES string of the molecule is CN(C)CCNc1nn2ccccc2c1/N=C1\C=Cc2c(ccn2C)C1=N. The molecule has 3 heterocycles. The summed E-state index contributed by atoms with van der Waals surface area (Å²) in [5.41, 5.74) is 4.68. The lowest BCUT2D eigenvalue weighted by molar-refractivity contribution is 0.425. The van der Waals surface area contributed by atoms with Gasteiger partial charge in [0.25, 0.3) is 0 Å². The summed E-state index contributed by atoms with van der Waals surface area (Å²) in [6, 6.07) is 7.87. The van der Waals surface area contributed by atoms with Crippen molar-refractivity contribution in [3.8, 4) is 0 Å². The van der Waals surface area contributed by atoms with Gasteiger partial charge in [0.1, 0.15) is 5.69 Å². The Bertz CT molecular complexity index is 1070. The molecule has 0 radical (unpaired) electrons. The normalized spacial score (nSPS) is 15.1. The number of likely N-dealkylation sites (N-methyl/N-ethyl adjacent to an activating group) is 1. The van der Waals surface area contributed by atoms with Crippen molar-refractivity contribution in [3.05, 3.63) is 54.0 Å². The second kappa shape index (κ2) is 6.85. The van der Waals surface area contributed by atoms with E-state index in [1.54, 1.807) is 0 Å². The summed E-state index contributed by atoms with van der Waals surface area (Å²) >= 11 is 0. The lowest BCUT2D eigenvalue weighted by Gasteiger charge is -2.12. The minimum Gasteiger partial charge on any atom is -0.365 e. The van der Waals surface area contributed by atoms with Crippen molar-refractivity contribution in [2.45, 2.75) is 0 Å². The summed E-state index contributed by atoms with van der Waals surface area (Å²) < 4.78 is 3.84. The van der Waals surface area contributed by atoms with Crippen LogP contribution in [0.2, 0.25) is 0 Å². The van der Waals surface area contributed by atoms with E-state index in [0.717, 1.165) is 41.4 Å². The third-order valence-corrected chi connectivity index (χ3v) is 4.64. The van der Waals surface area contributed by atoms with Crippen molar-refractivity contribution in [1.82, 2.24) is 19.1 Å². The van der Waals surface area contributed by atoms with Crippen LogP contribution in [0.25, 0.3) is 11.6 Å². The Hall–Kier alpha value is -3.19. The second-order valence-corrected chi connectivity index (χ2v) is 6.89. The molecule has 1 aliphatic carbocycles. The first kappa shape index (κ1) is 17.2. The number of allylic oxidation sites excluding steroid dienone is 1. The number of fused-ring (bicyclic) bond motifs is 2. The first-order chi connectivity index (χ1) is 13.0. The molecule has 0 spiro atoms. The van der Waals surface area contributed by atoms with Gasteiger partial charge in [0.05, 0.1) is 22.6 Å². The monoisotopic (exact) mass is 361 g/mol. The Labute approximate surface area is 158 Å². The van der Waals surface area contributed by atoms with Crippen LogP contribution in [0.1, 0.15) is 11.3 Å². The molecule has 1 aliphatic rings. The molecule has 7 nitrogen and oxygen atoms in total. The first-order valence-corrected chi connectivity index (χ1v) is 8.92. The fourth-order valence-electron chi connectivity index (χ4n) is 3.17. The molecule has 138 valence electrons. The van der Waals surface area contributed by atoms with Crippen molar-refractivity contribution in [2.75, 3.05) is 32.5 Å².